The number of nitrogens with zero attached hydrogens (tertiary/aromatic N) is 1. The third kappa shape index (κ3) is 5.92. The molecule has 0 atom stereocenters. The van der Waals surface area contributed by atoms with Gasteiger partial charge in [0.15, 0.2) is 0 Å². The van der Waals surface area contributed by atoms with Crippen LogP contribution < -0.4 is 10.1 Å². The van der Waals surface area contributed by atoms with Gasteiger partial charge in [0.25, 0.3) is 5.91 Å². The van der Waals surface area contributed by atoms with E-state index in [0.717, 1.165) is 44.2 Å². The minimum atomic E-state index is -4.78. The van der Waals surface area contributed by atoms with Crippen LogP contribution in [-0.4, -0.2) is 22.9 Å². The van der Waals surface area contributed by atoms with Gasteiger partial charge in [-0.2, -0.15) is 0 Å². The number of amides is 1. The van der Waals surface area contributed by atoms with Gasteiger partial charge in [-0.15, -0.1) is 13.2 Å². The van der Waals surface area contributed by atoms with Crippen molar-refractivity contribution in [3.8, 4) is 17.0 Å². The molecule has 2 aliphatic carbocycles. The van der Waals surface area contributed by atoms with Gasteiger partial charge in [0, 0.05) is 23.8 Å². The highest BCUT2D eigenvalue weighted by Crippen LogP contribution is 2.37. The van der Waals surface area contributed by atoms with Crippen molar-refractivity contribution in [3.63, 3.8) is 0 Å². The molecule has 33 heavy (non-hydrogen) atoms. The zero-order chi connectivity index (χ0) is 23.4. The summed E-state index contributed by atoms with van der Waals surface area (Å²) in [6.07, 6.45) is 6.35. The Kier molecular flexibility index (Phi) is 7.35. The van der Waals surface area contributed by atoms with Gasteiger partial charge >= 0.3 is 6.36 Å². The molecule has 0 radical (unpaired) electrons. The molecule has 2 aromatic rings. The molecule has 0 unspecified atom stereocenters. The largest absolute Gasteiger partial charge is 0.573 e. The number of para-hydroxylation sites is 1. The summed E-state index contributed by atoms with van der Waals surface area (Å²) in [6.45, 7) is 2.59. The summed E-state index contributed by atoms with van der Waals surface area (Å²) in [4.78, 5) is 13.2. The fourth-order valence-electron chi connectivity index (χ4n) is 5.36. The molecule has 7 heteroatoms. The highest BCUT2D eigenvalue weighted by Gasteiger charge is 2.33. The monoisotopic (exact) mass is 462 g/mol. The van der Waals surface area contributed by atoms with Crippen molar-refractivity contribution in [2.45, 2.75) is 90.1 Å². The zero-order valence-corrected chi connectivity index (χ0v) is 19.2. The van der Waals surface area contributed by atoms with Crippen molar-refractivity contribution < 1.29 is 22.7 Å². The van der Waals surface area contributed by atoms with Crippen LogP contribution in [0.25, 0.3) is 11.3 Å². The molecule has 1 N–H and O–H groups in total. The maximum Gasteiger partial charge on any atom is 0.573 e. The number of benzene rings is 1. The topological polar surface area (TPSA) is 43.3 Å². The second-order valence-corrected chi connectivity index (χ2v) is 9.50. The van der Waals surface area contributed by atoms with Gasteiger partial charge < -0.3 is 14.6 Å². The molecule has 2 aliphatic rings. The maximum atomic E-state index is 13.2. The molecule has 0 spiro atoms. The molecule has 180 valence electrons. The molecule has 0 aliphatic heterocycles. The Morgan fingerprint density at radius 2 is 1.67 bits per heavy atom. The molecule has 1 aromatic carbocycles. The maximum absolute atomic E-state index is 13.2. The average Bonchev–Trinajstić information content (AvgIpc) is 3.10. The van der Waals surface area contributed by atoms with Crippen LogP contribution in [0.2, 0.25) is 0 Å². The van der Waals surface area contributed by atoms with E-state index in [-0.39, 0.29) is 17.7 Å². The van der Waals surface area contributed by atoms with Crippen LogP contribution in [0.15, 0.2) is 30.3 Å². The van der Waals surface area contributed by atoms with E-state index in [2.05, 4.69) is 10.1 Å². The van der Waals surface area contributed by atoms with Gasteiger partial charge in [0.05, 0.1) is 11.3 Å². The van der Waals surface area contributed by atoms with Crippen molar-refractivity contribution in [2.75, 3.05) is 0 Å². The lowest BCUT2D eigenvalue weighted by atomic mass is 9.89. The fraction of sp³-hybridized carbons (Fsp3) is 0.577. The SMILES string of the molecule is Cc1c(C(=O)NC2CCCCC2)cc(-c2ccccc2OC(F)(F)F)n1CC1CCCCC1. The Morgan fingerprint density at radius 1 is 1.03 bits per heavy atom. The second-order valence-electron chi connectivity index (χ2n) is 9.50. The van der Waals surface area contributed by atoms with Gasteiger partial charge in [0.1, 0.15) is 5.75 Å². The predicted molar refractivity (Wildman–Crippen MR) is 122 cm³/mol. The lowest BCUT2D eigenvalue weighted by Crippen LogP contribution is -2.36. The van der Waals surface area contributed by atoms with E-state index >= 15 is 0 Å². The van der Waals surface area contributed by atoms with Crippen molar-refractivity contribution in [1.29, 1.82) is 0 Å². The molecule has 1 aromatic heterocycles. The fourth-order valence-corrected chi connectivity index (χ4v) is 5.36. The molecule has 2 saturated carbocycles. The van der Waals surface area contributed by atoms with Crippen LogP contribution in [0.1, 0.15) is 80.3 Å². The van der Waals surface area contributed by atoms with Gasteiger partial charge in [-0.1, -0.05) is 50.7 Å². The number of ether oxygens (including phenoxy) is 1. The predicted octanol–water partition coefficient (Wildman–Crippen LogP) is 7.00. The van der Waals surface area contributed by atoms with E-state index in [1.54, 1.807) is 18.2 Å². The standard InChI is InChI=1S/C26H33F3N2O2/c1-18-22(25(32)30-20-12-6-3-7-13-20)16-23(31(18)17-19-10-4-2-5-11-19)21-14-8-9-15-24(21)33-26(27,28)29/h8-9,14-16,19-20H,2-7,10-13,17H2,1H3,(H,30,32). The van der Waals surface area contributed by atoms with Crippen molar-refractivity contribution in [1.82, 2.24) is 9.88 Å². The van der Waals surface area contributed by atoms with Gasteiger partial charge in [-0.3, -0.25) is 4.79 Å². The van der Waals surface area contributed by atoms with E-state index in [1.165, 1.54) is 37.8 Å². The van der Waals surface area contributed by atoms with E-state index in [1.807, 2.05) is 11.5 Å². The number of halogens is 3. The molecular formula is C26H33F3N2O2. The summed E-state index contributed by atoms with van der Waals surface area (Å²) in [5.41, 5.74) is 2.29. The molecule has 0 bridgehead atoms. The molecular weight excluding hydrogens is 429 g/mol. The zero-order valence-electron chi connectivity index (χ0n) is 19.2. The molecule has 4 nitrogen and oxygen atoms in total. The van der Waals surface area contributed by atoms with Crippen LogP contribution in [0.4, 0.5) is 13.2 Å². The highest BCUT2D eigenvalue weighted by atomic mass is 19.4. The number of carbonyl (C=O) groups excluding carboxylic acids is 1. The molecule has 1 heterocycles. The summed E-state index contributed by atoms with van der Waals surface area (Å²) in [5.74, 6) is 0.0671. The van der Waals surface area contributed by atoms with Crippen molar-refractivity contribution >= 4 is 5.91 Å². The minimum absolute atomic E-state index is 0.141. The normalized spacial score (nSPS) is 18.3. The van der Waals surface area contributed by atoms with Gasteiger partial charge in [-0.05, 0) is 56.7 Å². The molecule has 1 amide bonds. The summed E-state index contributed by atoms with van der Waals surface area (Å²) in [6, 6.07) is 8.11. The third-order valence-corrected chi connectivity index (χ3v) is 7.11. The Balaban J connectivity index is 1.70. The smallest absolute Gasteiger partial charge is 0.405 e. The van der Waals surface area contributed by atoms with E-state index in [9.17, 15) is 18.0 Å². The lowest BCUT2D eigenvalue weighted by molar-refractivity contribution is -0.274. The van der Waals surface area contributed by atoms with Crippen LogP contribution in [0.3, 0.4) is 0 Å². The van der Waals surface area contributed by atoms with Crippen molar-refractivity contribution in [3.05, 3.63) is 41.6 Å². The summed E-state index contributed by atoms with van der Waals surface area (Å²) < 4.78 is 45.7. The first-order valence-corrected chi connectivity index (χ1v) is 12.2. The number of hydrogen-bond acceptors (Lipinski definition) is 2. The Labute approximate surface area is 193 Å². The average molecular weight is 463 g/mol. The molecule has 4 rings (SSSR count). The molecule has 2 fully saturated rings. The van der Waals surface area contributed by atoms with Crippen LogP contribution >= 0.6 is 0 Å². The summed E-state index contributed by atoms with van der Waals surface area (Å²) >= 11 is 0. The quantitative estimate of drug-likeness (QED) is 0.502. The summed E-state index contributed by atoms with van der Waals surface area (Å²) in [5, 5.41) is 3.16. The number of carbonyl (C=O) groups is 1. The minimum Gasteiger partial charge on any atom is -0.405 e. The van der Waals surface area contributed by atoms with Crippen LogP contribution in [0, 0.1) is 12.8 Å². The Morgan fingerprint density at radius 3 is 2.33 bits per heavy atom. The van der Waals surface area contributed by atoms with Gasteiger partial charge in [0.2, 0.25) is 0 Å². The van der Waals surface area contributed by atoms with Crippen LogP contribution in [0.5, 0.6) is 5.75 Å². The van der Waals surface area contributed by atoms with E-state index < -0.39 is 6.36 Å². The van der Waals surface area contributed by atoms with E-state index in [0.29, 0.717) is 29.3 Å². The first-order valence-electron chi connectivity index (χ1n) is 12.2. The van der Waals surface area contributed by atoms with Crippen molar-refractivity contribution in [2.24, 2.45) is 5.92 Å². The number of rotatable bonds is 6. The number of hydrogen-bond donors (Lipinski definition) is 1. The third-order valence-electron chi connectivity index (χ3n) is 7.11. The first kappa shape index (κ1) is 23.7. The van der Waals surface area contributed by atoms with E-state index in [4.69, 9.17) is 0 Å². The number of alkyl halides is 3. The lowest BCUT2D eigenvalue weighted by Gasteiger charge is -2.25. The van der Waals surface area contributed by atoms with Gasteiger partial charge in [-0.25, -0.2) is 0 Å². The number of nitrogens with one attached hydrogen (secondary N) is 1. The Hall–Kier alpha value is -2.44. The highest BCUT2D eigenvalue weighted by molar-refractivity contribution is 5.97. The number of aromatic nitrogens is 1. The second kappa shape index (κ2) is 10.2. The Bertz CT molecular complexity index is 955. The van der Waals surface area contributed by atoms with Crippen LogP contribution in [-0.2, 0) is 6.54 Å². The summed E-state index contributed by atoms with van der Waals surface area (Å²) in [7, 11) is 0. The first-order chi connectivity index (χ1) is 15.8. The molecule has 0 saturated heterocycles.